The molecule has 1 aromatic heterocycles. The van der Waals surface area contributed by atoms with Crippen molar-refractivity contribution in [3.63, 3.8) is 0 Å². The van der Waals surface area contributed by atoms with E-state index < -0.39 is 0 Å². The molecule has 90 valence electrons. The zero-order valence-corrected chi connectivity index (χ0v) is 12.2. The van der Waals surface area contributed by atoms with Crippen molar-refractivity contribution in [1.29, 1.82) is 0 Å². The maximum Gasteiger partial charge on any atom is 0.0317 e. The number of nitrogens with one attached hydrogen (secondary N) is 1. The van der Waals surface area contributed by atoms with Crippen molar-refractivity contribution in [3.05, 3.63) is 20.8 Å². The normalized spacial score (nSPS) is 26.6. The minimum absolute atomic E-state index is 0.679. The largest absolute Gasteiger partial charge is 0.314 e. The van der Waals surface area contributed by atoms with Crippen LogP contribution in [0.15, 0.2) is 15.2 Å². The Bertz CT molecular complexity index is 323. The average molecular weight is 302 g/mol. The van der Waals surface area contributed by atoms with Gasteiger partial charge >= 0.3 is 0 Å². The lowest BCUT2D eigenvalue weighted by atomic mass is 9.89. The molecule has 2 rings (SSSR count). The lowest BCUT2D eigenvalue weighted by Crippen LogP contribution is -2.34. The molecule has 0 aromatic carbocycles. The van der Waals surface area contributed by atoms with E-state index in [2.05, 4.69) is 38.9 Å². The van der Waals surface area contributed by atoms with Crippen molar-refractivity contribution in [3.8, 4) is 0 Å². The number of likely N-dealkylation sites (N-methyl/N-ethyl adjacent to an activating group) is 1. The van der Waals surface area contributed by atoms with Crippen molar-refractivity contribution in [1.82, 2.24) is 5.32 Å². The van der Waals surface area contributed by atoms with Gasteiger partial charge in [0, 0.05) is 21.8 Å². The van der Waals surface area contributed by atoms with Crippen LogP contribution in [0.5, 0.6) is 0 Å². The van der Waals surface area contributed by atoms with E-state index >= 15 is 0 Å². The molecule has 0 amide bonds. The molecular formula is C13H20BrNS. The van der Waals surface area contributed by atoms with E-state index in [0.29, 0.717) is 12.0 Å². The highest BCUT2D eigenvalue weighted by atomic mass is 79.9. The van der Waals surface area contributed by atoms with E-state index in [1.807, 2.05) is 11.3 Å². The lowest BCUT2D eigenvalue weighted by Gasteiger charge is -2.25. The van der Waals surface area contributed by atoms with Gasteiger partial charge in [-0.2, -0.15) is 11.3 Å². The van der Waals surface area contributed by atoms with E-state index in [1.165, 1.54) is 42.1 Å². The zero-order valence-electron chi connectivity index (χ0n) is 9.84. The van der Waals surface area contributed by atoms with Crippen molar-refractivity contribution in [2.24, 2.45) is 0 Å². The fourth-order valence-corrected chi connectivity index (χ4v) is 4.40. The Morgan fingerprint density at radius 3 is 2.81 bits per heavy atom. The number of thiophene rings is 1. The van der Waals surface area contributed by atoms with Crippen molar-refractivity contribution in [2.75, 3.05) is 6.54 Å². The maximum atomic E-state index is 3.69. The summed E-state index contributed by atoms with van der Waals surface area (Å²) < 4.78 is 1.31. The van der Waals surface area contributed by atoms with E-state index in [9.17, 15) is 0 Å². The fraction of sp³-hybridized carbons (Fsp3) is 0.692. The van der Waals surface area contributed by atoms with Gasteiger partial charge in [-0.15, -0.1) is 0 Å². The van der Waals surface area contributed by atoms with Gasteiger partial charge in [0.05, 0.1) is 0 Å². The molecule has 1 aromatic rings. The summed E-state index contributed by atoms with van der Waals surface area (Å²) in [5.41, 5.74) is 1.53. The van der Waals surface area contributed by atoms with Gasteiger partial charge in [-0.1, -0.05) is 26.2 Å². The van der Waals surface area contributed by atoms with Gasteiger partial charge in [0.25, 0.3) is 0 Å². The second-order valence-electron chi connectivity index (χ2n) is 4.58. The van der Waals surface area contributed by atoms with E-state index in [0.717, 1.165) is 6.54 Å². The van der Waals surface area contributed by atoms with Crippen LogP contribution in [-0.4, -0.2) is 12.6 Å². The van der Waals surface area contributed by atoms with Gasteiger partial charge in [0.2, 0.25) is 0 Å². The van der Waals surface area contributed by atoms with Gasteiger partial charge in [0.15, 0.2) is 0 Å². The minimum Gasteiger partial charge on any atom is -0.314 e. The van der Waals surface area contributed by atoms with Crippen LogP contribution >= 0.6 is 27.3 Å². The topological polar surface area (TPSA) is 12.0 Å². The highest BCUT2D eigenvalue weighted by Crippen LogP contribution is 2.37. The van der Waals surface area contributed by atoms with Gasteiger partial charge < -0.3 is 5.32 Å². The van der Waals surface area contributed by atoms with Gasteiger partial charge in [0.1, 0.15) is 0 Å². The van der Waals surface area contributed by atoms with E-state index in [1.54, 1.807) is 0 Å². The highest BCUT2D eigenvalue weighted by molar-refractivity contribution is 9.10. The molecule has 1 N–H and O–H groups in total. The summed E-state index contributed by atoms with van der Waals surface area (Å²) >= 11 is 5.50. The Labute approximate surface area is 111 Å². The van der Waals surface area contributed by atoms with Crippen molar-refractivity contribution in [2.45, 2.75) is 51.0 Å². The molecule has 1 aliphatic carbocycles. The second-order valence-corrected chi connectivity index (χ2v) is 6.18. The zero-order chi connectivity index (χ0) is 11.4. The molecule has 1 aliphatic rings. The summed E-state index contributed by atoms with van der Waals surface area (Å²) in [5, 5.41) is 8.21. The smallest absolute Gasteiger partial charge is 0.0317 e. The standard InChI is InChI=1S/C13H20BrNS/c1-2-15-13-7-5-3-4-6-10(13)11-8-16-9-12(11)14/h8-10,13,15H,2-7H2,1H3. The predicted octanol–water partition coefficient (Wildman–Crippen LogP) is 4.54. The minimum atomic E-state index is 0.679. The summed E-state index contributed by atoms with van der Waals surface area (Å²) in [4.78, 5) is 0. The Balaban J connectivity index is 2.17. The van der Waals surface area contributed by atoms with Crippen LogP contribution in [0.3, 0.4) is 0 Å². The molecule has 0 spiro atoms. The first-order chi connectivity index (χ1) is 7.83. The molecule has 1 fully saturated rings. The summed E-state index contributed by atoms with van der Waals surface area (Å²) in [6, 6.07) is 0.679. The summed E-state index contributed by atoms with van der Waals surface area (Å²) in [6.45, 7) is 3.30. The number of hydrogen-bond donors (Lipinski definition) is 1. The molecule has 3 heteroatoms. The quantitative estimate of drug-likeness (QED) is 0.809. The SMILES string of the molecule is CCNC1CCCCCC1c1cscc1Br. The van der Waals surface area contributed by atoms with Crippen LogP contribution in [0.1, 0.15) is 50.5 Å². The number of halogens is 1. The average Bonchev–Trinajstić information content (AvgIpc) is 2.56. The van der Waals surface area contributed by atoms with E-state index in [4.69, 9.17) is 0 Å². The highest BCUT2D eigenvalue weighted by Gasteiger charge is 2.26. The van der Waals surface area contributed by atoms with Crippen LogP contribution in [0.25, 0.3) is 0 Å². The third-order valence-corrected chi connectivity index (χ3v) is 5.28. The summed E-state index contributed by atoms with van der Waals surface area (Å²) in [7, 11) is 0. The van der Waals surface area contributed by atoms with Crippen LogP contribution in [-0.2, 0) is 0 Å². The molecule has 1 saturated carbocycles. The molecule has 0 bridgehead atoms. The van der Waals surface area contributed by atoms with Gasteiger partial charge in [-0.3, -0.25) is 0 Å². The van der Waals surface area contributed by atoms with Crippen molar-refractivity contribution < 1.29 is 0 Å². The van der Waals surface area contributed by atoms with Crippen LogP contribution in [0.2, 0.25) is 0 Å². The monoisotopic (exact) mass is 301 g/mol. The molecule has 0 aliphatic heterocycles. The van der Waals surface area contributed by atoms with Gasteiger partial charge in [-0.25, -0.2) is 0 Å². The summed E-state index contributed by atoms with van der Waals surface area (Å²) in [6.07, 6.45) is 6.85. The first-order valence-electron chi connectivity index (χ1n) is 6.28. The first-order valence-corrected chi connectivity index (χ1v) is 8.01. The molecule has 2 unspecified atom stereocenters. The Morgan fingerprint density at radius 1 is 1.31 bits per heavy atom. The molecule has 1 nitrogen and oxygen atoms in total. The second kappa shape index (κ2) is 6.18. The summed E-state index contributed by atoms with van der Waals surface area (Å²) in [5.74, 6) is 0.711. The first kappa shape index (κ1) is 12.6. The molecule has 2 atom stereocenters. The Morgan fingerprint density at radius 2 is 2.12 bits per heavy atom. The molecule has 16 heavy (non-hydrogen) atoms. The Kier molecular flexibility index (Phi) is 4.86. The van der Waals surface area contributed by atoms with Crippen LogP contribution < -0.4 is 5.32 Å². The Hall–Kier alpha value is 0.140. The number of hydrogen-bond acceptors (Lipinski definition) is 2. The van der Waals surface area contributed by atoms with Gasteiger partial charge in [-0.05, 0) is 46.3 Å². The fourth-order valence-electron chi connectivity index (χ4n) is 2.74. The molecule has 0 radical (unpaired) electrons. The third-order valence-electron chi connectivity index (χ3n) is 3.52. The third kappa shape index (κ3) is 2.88. The maximum absolute atomic E-state index is 3.69. The predicted molar refractivity (Wildman–Crippen MR) is 75.3 cm³/mol. The van der Waals surface area contributed by atoms with Crippen LogP contribution in [0.4, 0.5) is 0 Å². The van der Waals surface area contributed by atoms with E-state index in [-0.39, 0.29) is 0 Å². The molecular weight excluding hydrogens is 282 g/mol. The molecule has 1 heterocycles. The molecule has 0 saturated heterocycles. The number of rotatable bonds is 3. The lowest BCUT2D eigenvalue weighted by molar-refractivity contribution is 0.419. The van der Waals surface area contributed by atoms with Crippen molar-refractivity contribution >= 4 is 27.3 Å². The van der Waals surface area contributed by atoms with Crippen LogP contribution in [0, 0.1) is 0 Å².